The summed E-state index contributed by atoms with van der Waals surface area (Å²) in [5.74, 6) is 1.66. The summed E-state index contributed by atoms with van der Waals surface area (Å²) in [7, 11) is 1.68. The van der Waals surface area contributed by atoms with E-state index in [9.17, 15) is 4.79 Å². The number of hydrogen-bond acceptors (Lipinski definition) is 8. The standard InChI is InChI=1S/C25H26N6O2S/c1-17-21-23(31-12-10-30(11-13-31)19-5-7-20(33-2)8-6-19)28-16-29-25(21)34-22(17)24(32)27-15-18-4-3-9-26-14-18/h3-9,14,16H,10-13,15H2,1-2H3,(H,27,32). The third-order valence-electron chi connectivity index (χ3n) is 6.11. The first-order valence-corrected chi connectivity index (χ1v) is 12.0. The van der Waals surface area contributed by atoms with Crippen LogP contribution in [0.25, 0.3) is 10.2 Å². The summed E-state index contributed by atoms with van der Waals surface area (Å²) in [5.41, 5.74) is 3.08. The van der Waals surface area contributed by atoms with Gasteiger partial charge in [-0.05, 0) is 48.4 Å². The zero-order chi connectivity index (χ0) is 23.5. The zero-order valence-corrected chi connectivity index (χ0v) is 20.0. The predicted octanol–water partition coefficient (Wildman–Crippen LogP) is 3.66. The molecule has 174 valence electrons. The third kappa shape index (κ3) is 4.38. The van der Waals surface area contributed by atoms with Gasteiger partial charge in [-0.1, -0.05) is 6.07 Å². The Balaban J connectivity index is 1.32. The second kappa shape index (κ2) is 9.64. The van der Waals surface area contributed by atoms with Crippen molar-refractivity contribution >= 4 is 39.0 Å². The van der Waals surface area contributed by atoms with Crippen LogP contribution in [-0.4, -0.2) is 54.1 Å². The Labute approximate surface area is 202 Å². The van der Waals surface area contributed by atoms with Gasteiger partial charge in [0.05, 0.1) is 17.4 Å². The fourth-order valence-corrected chi connectivity index (χ4v) is 5.30. The number of carbonyl (C=O) groups excluding carboxylic acids is 1. The molecule has 1 aliphatic rings. The minimum absolute atomic E-state index is 0.0976. The molecule has 0 atom stereocenters. The molecule has 5 rings (SSSR count). The normalized spacial score (nSPS) is 13.8. The highest BCUT2D eigenvalue weighted by atomic mass is 32.1. The maximum absolute atomic E-state index is 12.9. The number of ether oxygens (including phenoxy) is 1. The first-order chi connectivity index (χ1) is 16.6. The van der Waals surface area contributed by atoms with Crippen molar-refractivity contribution in [2.45, 2.75) is 13.5 Å². The number of thiophene rings is 1. The summed E-state index contributed by atoms with van der Waals surface area (Å²) >= 11 is 1.42. The van der Waals surface area contributed by atoms with Crippen LogP contribution in [0.2, 0.25) is 0 Å². The van der Waals surface area contributed by atoms with E-state index >= 15 is 0 Å². The molecule has 1 fully saturated rings. The van der Waals surface area contributed by atoms with E-state index in [0.29, 0.717) is 11.4 Å². The molecule has 1 N–H and O–H groups in total. The van der Waals surface area contributed by atoms with Gasteiger partial charge in [0.25, 0.3) is 5.91 Å². The van der Waals surface area contributed by atoms with Gasteiger partial charge >= 0.3 is 0 Å². The van der Waals surface area contributed by atoms with Gasteiger partial charge in [-0.2, -0.15) is 0 Å². The van der Waals surface area contributed by atoms with Gasteiger partial charge in [0.1, 0.15) is 22.7 Å². The summed E-state index contributed by atoms with van der Waals surface area (Å²) in [5, 5.41) is 3.97. The van der Waals surface area contributed by atoms with E-state index in [1.54, 1.807) is 25.8 Å². The Bertz CT molecular complexity index is 1280. The van der Waals surface area contributed by atoms with Crippen LogP contribution in [0.3, 0.4) is 0 Å². The first-order valence-electron chi connectivity index (χ1n) is 11.2. The zero-order valence-electron chi connectivity index (χ0n) is 19.2. The average Bonchev–Trinajstić information content (AvgIpc) is 3.25. The van der Waals surface area contributed by atoms with Crippen LogP contribution >= 0.6 is 11.3 Å². The number of amides is 1. The molecule has 9 heteroatoms. The van der Waals surface area contributed by atoms with Crippen molar-refractivity contribution in [2.24, 2.45) is 0 Å². The minimum Gasteiger partial charge on any atom is -0.497 e. The van der Waals surface area contributed by atoms with Gasteiger partial charge in [-0.15, -0.1) is 11.3 Å². The van der Waals surface area contributed by atoms with Crippen LogP contribution in [0.4, 0.5) is 11.5 Å². The predicted molar refractivity (Wildman–Crippen MR) is 135 cm³/mol. The van der Waals surface area contributed by atoms with Crippen molar-refractivity contribution in [1.29, 1.82) is 0 Å². The van der Waals surface area contributed by atoms with Crippen LogP contribution in [0, 0.1) is 6.92 Å². The summed E-state index contributed by atoms with van der Waals surface area (Å²) in [6.45, 7) is 5.88. The number of nitrogens with one attached hydrogen (secondary N) is 1. The molecule has 1 aromatic carbocycles. The second-order valence-electron chi connectivity index (χ2n) is 8.15. The van der Waals surface area contributed by atoms with Crippen LogP contribution in [0.5, 0.6) is 5.75 Å². The summed E-state index contributed by atoms with van der Waals surface area (Å²) in [6, 6.07) is 12.0. The van der Waals surface area contributed by atoms with E-state index in [-0.39, 0.29) is 5.91 Å². The van der Waals surface area contributed by atoms with E-state index in [2.05, 4.69) is 42.2 Å². The second-order valence-corrected chi connectivity index (χ2v) is 9.15. The van der Waals surface area contributed by atoms with Crippen molar-refractivity contribution in [3.63, 3.8) is 0 Å². The molecule has 34 heavy (non-hydrogen) atoms. The van der Waals surface area contributed by atoms with Crippen molar-refractivity contribution in [2.75, 3.05) is 43.1 Å². The van der Waals surface area contributed by atoms with Gasteiger partial charge in [-0.25, -0.2) is 9.97 Å². The summed E-state index contributed by atoms with van der Waals surface area (Å²) in [6.07, 6.45) is 5.08. The monoisotopic (exact) mass is 474 g/mol. The van der Waals surface area contributed by atoms with Crippen LogP contribution < -0.4 is 19.9 Å². The lowest BCUT2D eigenvalue weighted by Gasteiger charge is -2.37. The summed E-state index contributed by atoms with van der Waals surface area (Å²) in [4.78, 5) is 32.3. The number of nitrogens with zero attached hydrogens (tertiary/aromatic N) is 5. The van der Waals surface area contributed by atoms with Gasteiger partial charge in [0.15, 0.2) is 0 Å². The number of anilines is 2. The number of carbonyl (C=O) groups is 1. The highest BCUT2D eigenvalue weighted by Gasteiger charge is 2.24. The fourth-order valence-electron chi connectivity index (χ4n) is 4.24. The molecule has 0 bridgehead atoms. The molecule has 0 spiro atoms. The number of rotatable bonds is 6. The molecule has 8 nitrogen and oxygen atoms in total. The van der Waals surface area contributed by atoms with Gasteiger partial charge < -0.3 is 19.9 Å². The molecule has 4 aromatic rings. The molecule has 0 unspecified atom stereocenters. The average molecular weight is 475 g/mol. The quantitative estimate of drug-likeness (QED) is 0.457. The van der Waals surface area contributed by atoms with Gasteiger partial charge in [0, 0.05) is 50.8 Å². The fraction of sp³-hybridized carbons (Fsp3) is 0.280. The lowest BCUT2D eigenvalue weighted by Crippen LogP contribution is -2.46. The number of methoxy groups -OCH3 is 1. The number of benzene rings is 1. The van der Waals surface area contributed by atoms with Crippen molar-refractivity contribution in [3.05, 3.63) is 71.1 Å². The maximum atomic E-state index is 12.9. The Morgan fingerprint density at radius 3 is 2.56 bits per heavy atom. The molecule has 1 amide bonds. The topological polar surface area (TPSA) is 83.5 Å². The summed E-state index contributed by atoms with van der Waals surface area (Å²) < 4.78 is 5.27. The van der Waals surface area contributed by atoms with Crippen LogP contribution in [0.15, 0.2) is 55.1 Å². The van der Waals surface area contributed by atoms with Gasteiger partial charge in [-0.3, -0.25) is 9.78 Å². The molecule has 1 aliphatic heterocycles. The molecule has 0 aliphatic carbocycles. The van der Waals surface area contributed by atoms with E-state index in [1.807, 2.05) is 31.2 Å². The van der Waals surface area contributed by atoms with E-state index in [0.717, 1.165) is 59.1 Å². The van der Waals surface area contributed by atoms with Crippen LogP contribution in [-0.2, 0) is 6.54 Å². The van der Waals surface area contributed by atoms with E-state index < -0.39 is 0 Å². The maximum Gasteiger partial charge on any atom is 0.261 e. The van der Waals surface area contributed by atoms with Crippen molar-refractivity contribution < 1.29 is 9.53 Å². The largest absolute Gasteiger partial charge is 0.497 e. The Hall–Kier alpha value is -3.72. The molecular weight excluding hydrogens is 448 g/mol. The minimum atomic E-state index is -0.0976. The SMILES string of the molecule is COc1ccc(N2CCN(c3ncnc4sc(C(=O)NCc5cccnc5)c(C)c34)CC2)cc1. The molecule has 4 heterocycles. The Kier molecular flexibility index (Phi) is 6.27. The molecule has 1 saturated heterocycles. The molecule has 0 saturated carbocycles. The Morgan fingerprint density at radius 1 is 1.09 bits per heavy atom. The number of aromatic nitrogens is 3. The highest BCUT2D eigenvalue weighted by Crippen LogP contribution is 2.35. The molecular formula is C25H26N6O2S. The Morgan fingerprint density at radius 2 is 1.85 bits per heavy atom. The van der Waals surface area contributed by atoms with Gasteiger partial charge in [0.2, 0.25) is 0 Å². The number of aryl methyl sites for hydroxylation is 1. The smallest absolute Gasteiger partial charge is 0.261 e. The molecule has 3 aromatic heterocycles. The lowest BCUT2D eigenvalue weighted by atomic mass is 10.1. The third-order valence-corrected chi connectivity index (χ3v) is 7.30. The van der Waals surface area contributed by atoms with Crippen molar-refractivity contribution in [3.8, 4) is 5.75 Å². The highest BCUT2D eigenvalue weighted by molar-refractivity contribution is 7.20. The number of pyridine rings is 1. The molecule has 0 radical (unpaired) electrons. The first kappa shape index (κ1) is 22.1. The number of hydrogen-bond donors (Lipinski definition) is 1. The van der Waals surface area contributed by atoms with Crippen LogP contribution in [0.1, 0.15) is 20.8 Å². The van der Waals surface area contributed by atoms with Crippen molar-refractivity contribution in [1.82, 2.24) is 20.3 Å². The van der Waals surface area contributed by atoms with E-state index in [1.165, 1.54) is 17.0 Å². The lowest BCUT2D eigenvalue weighted by molar-refractivity contribution is 0.0954. The number of piperazine rings is 1. The van der Waals surface area contributed by atoms with E-state index in [4.69, 9.17) is 4.74 Å². The number of fused-ring (bicyclic) bond motifs is 1.